The topological polar surface area (TPSA) is 174 Å². The van der Waals surface area contributed by atoms with Gasteiger partial charge in [-0.3, -0.25) is 19.2 Å². The van der Waals surface area contributed by atoms with E-state index < -0.39 is 48.3 Å². The van der Waals surface area contributed by atoms with Crippen molar-refractivity contribution in [2.24, 2.45) is 0 Å². The highest BCUT2D eigenvalue weighted by Gasteiger charge is 2.41. The van der Waals surface area contributed by atoms with Gasteiger partial charge in [-0.05, 0) is 119 Å². The van der Waals surface area contributed by atoms with E-state index in [1.165, 1.54) is 97.1 Å². The molecule has 0 radical (unpaired) electrons. The molecule has 0 atom stereocenters. The average Bonchev–Trinajstić information content (AvgIpc) is 4.23. The smallest absolute Gasteiger partial charge is 0.354 e. The molecule has 2 aliphatic rings. The summed E-state index contributed by atoms with van der Waals surface area (Å²) in [6, 6.07) is 27.7. The molecule has 3 aromatic heterocycles. The SMILES string of the molecule is O=C(Nc1ccc(-c2c3nc(c(-c4ccc(NC(=O)C(F)(F)F)cc4)c4ccc([nH]4)c(-c4ccc(NC(=O)C(F)(F)F)cc4)c4ccc([nH]4)c(-c4ccc(NC(=O)C(F)(F)F)cc4)c4nc2C=C4)C=C3)cc1)C(F)(F)F. The summed E-state index contributed by atoms with van der Waals surface area (Å²) in [5.74, 6) is -8.89. The van der Waals surface area contributed by atoms with Crippen LogP contribution in [0.4, 0.5) is 75.4 Å². The molecule has 0 unspecified atom stereocenters. The van der Waals surface area contributed by atoms with Crippen molar-refractivity contribution in [3.8, 4) is 44.5 Å². The first-order valence-corrected chi connectivity index (χ1v) is 21.9. The van der Waals surface area contributed by atoms with E-state index in [9.17, 15) is 71.9 Å². The third-order valence-electron chi connectivity index (χ3n) is 11.5. The summed E-state index contributed by atoms with van der Waals surface area (Å²) in [6.07, 6.45) is -14.4. The van der Waals surface area contributed by atoms with Crippen LogP contribution in [0.25, 0.3) is 90.9 Å². The summed E-state index contributed by atoms with van der Waals surface area (Å²) in [6.45, 7) is 0. The Morgan fingerprint density at radius 3 is 0.763 bits per heavy atom. The number of nitrogens with one attached hydrogen (secondary N) is 6. The van der Waals surface area contributed by atoms with Crippen LogP contribution in [0.1, 0.15) is 22.8 Å². The molecule has 0 saturated heterocycles. The van der Waals surface area contributed by atoms with Crippen molar-refractivity contribution in [2.75, 3.05) is 21.3 Å². The summed E-state index contributed by atoms with van der Waals surface area (Å²) in [5.41, 5.74) is 4.18. The molecule has 12 nitrogen and oxygen atoms in total. The van der Waals surface area contributed by atoms with E-state index in [1.54, 1.807) is 69.8 Å². The lowest BCUT2D eigenvalue weighted by atomic mass is 10.0. The van der Waals surface area contributed by atoms with Gasteiger partial charge in [0.25, 0.3) is 0 Å². The average molecular weight is 1060 g/mol. The Hall–Kier alpha value is -9.48. The molecule has 9 rings (SSSR count). The number of hydrogen-bond donors (Lipinski definition) is 6. The molecule has 4 amide bonds. The Morgan fingerprint density at radius 2 is 0.513 bits per heavy atom. The monoisotopic (exact) mass is 1060 g/mol. The number of carbonyl (C=O) groups excluding carboxylic acids is 4. The molecule has 386 valence electrons. The normalized spacial score (nSPS) is 12.6. The van der Waals surface area contributed by atoms with E-state index in [4.69, 9.17) is 9.97 Å². The van der Waals surface area contributed by atoms with E-state index in [1.807, 2.05) is 0 Å². The molecule has 0 aliphatic carbocycles. The van der Waals surface area contributed by atoms with Gasteiger partial charge in [-0.15, -0.1) is 0 Å². The van der Waals surface area contributed by atoms with Crippen LogP contribution >= 0.6 is 0 Å². The van der Waals surface area contributed by atoms with Crippen molar-refractivity contribution < 1.29 is 71.9 Å². The number of benzene rings is 4. The number of aromatic amines is 2. The lowest BCUT2D eigenvalue weighted by molar-refractivity contribution is -0.167. The molecule has 0 spiro atoms. The largest absolute Gasteiger partial charge is 0.471 e. The first-order chi connectivity index (χ1) is 35.8. The number of H-pyrrole nitrogens is 2. The fourth-order valence-electron chi connectivity index (χ4n) is 8.11. The third-order valence-corrected chi connectivity index (χ3v) is 11.5. The van der Waals surface area contributed by atoms with Crippen molar-refractivity contribution in [2.45, 2.75) is 24.7 Å². The molecule has 7 aromatic rings. The van der Waals surface area contributed by atoms with E-state index in [2.05, 4.69) is 9.97 Å². The highest BCUT2D eigenvalue weighted by atomic mass is 19.4. The quantitative estimate of drug-likeness (QED) is 0.0826. The fourth-order valence-corrected chi connectivity index (χ4v) is 8.11. The van der Waals surface area contributed by atoms with Crippen molar-refractivity contribution >= 4 is 92.7 Å². The minimum absolute atomic E-state index is 0.202. The van der Waals surface area contributed by atoms with Gasteiger partial charge >= 0.3 is 48.3 Å². The Balaban J connectivity index is 1.33. The van der Waals surface area contributed by atoms with Crippen LogP contribution < -0.4 is 21.3 Å². The fraction of sp³-hybridized carbons (Fsp3) is 0.0769. The maximum atomic E-state index is 13.2. The number of carbonyl (C=O) groups is 4. The Kier molecular flexibility index (Phi) is 13.1. The first kappa shape index (κ1) is 51.4. The number of anilines is 4. The van der Waals surface area contributed by atoms with Crippen molar-refractivity contribution in [3.05, 3.63) is 144 Å². The second kappa shape index (κ2) is 19.4. The zero-order valence-electron chi connectivity index (χ0n) is 37.9. The molecule has 4 aromatic carbocycles. The number of rotatable bonds is 8. The number of alkyl halides is 12. The number of hydrogen-bond acceptors (Lipinski definition) is 6. The zero-order chi connectivity index (χ0) is 54.5. The highest BCUT2D eigenvalue weighted by Crippen LogP contribution is 2.40. The lowest BCUT2D eigenvalue weighted by Crippen LogP contribution is -2.29. The molecular weight excluding hydrogens is 1030 g/mol. The standard InChI is InChI=1S/C52H30F12N8O4/c53-49(54,55)45(73)65-29-9-1-25(2-10-29)41-33-17-19-35(69-33)42(26-3-11-30(12-4-26)66-46(74)50(56,57)58)37-21-23-39(71-37)44(28-7-15-32(16-8-28)68-48(76)52(62,63)64)40-24-22-38(72-40)43(36-20-18-34(41)70-36)27-5-13-31(14-6-27)67-47(75)51(59,60)61/h1-24,69-70H,(H,65,73)(H,66,74)(H,67,75)(H,68,76). The molecule has 5 heterocycles. The van der Waals surface area contributed by atoms with E-state index in [0.717, 1.165) is 0 Å². The van der Waals surface area contributed by atoms with Gasteiger partial charge in [0.1, 0.15) is 0 Å². The molecule has 6 N–H and O–H groups in total. The predicted molar refractivity (Wildman–Crippen MR) is 259 cm³/mol. The molecule has 2 aliphatic heterocycles. The number of nitrogens with zero attached hydrogens (tertiary/aromatic N) is 2. The van der Waals surface area contributed by atoms with Gasteiger partial charge in [0, 0.05) is 67.1 Å². The van der Waals surface area contributed by atoms with Gasteiger partial charge in [0.15, 0.2) is 0 Å². The number of amides is 4. The number of halogens is 12. The number of fused-ring (bicyclic) bond motifs is 8. The minimum atomic E-state index is -5.20. The zero-order valence-corrected chi connectivity index (χ0v) is 37.9. The minimum Gasteiger partial charge on any atom is -0.354 e. The van der Waals surface area contributed by atoms with Gasteiger partial charge in [0.05, 0.1) is 22.8 Å². The summed E-state index contributed by atoms with van der Waals surface area (Å²) in [5, 5.41) is 7.15. The van der Waals surface area contributed by atoms with Gasteiger partial charge in [-0.2, -0.15) is 52.7 Å². The highest BCUT2D eigenvalue weighted by molar-refractivity contribution is 6.03. The third kappa shape index (κ3) is 10.9. The van der Waals surface area contributed by atoms with Gasteiger partial charge in [-0.1, -0.05) is 48.5 Å². The maximum Gasteiger partial charge on any atom is 0.471 e. The van der Waals surface area contributed by atoms with Crippen LogP contribution in [0, 0.1) is 0 Å². The Bertz CT molecular complexity index is 3540. The van der Waals surface area contributed by atoms with E-state index in [-0.39, 0.29) is 51.1 Å². The summed E-state index contributed by atoms with van der Waals surface area (Å²) in [7, 11) is 0. The molecule has 24 heteroatoms. The second-order valence-electron chi connectivity index (χ2n) is 16.6. The molecule has 8 bridgehead atoms. The predicted octanol–water partition coefficient (Wildman–Crippen LogP) is 13.3. The van der Waals surface area contributed by atoms with Gasteiger partial charge < -0.3 is 31.2 Å². The molecule has 76 heavy (non-hydrogen) atoms. The summed E-state index contributed by atoms with van der Waals surface area (Å²) < 4.78 is 158. The van der Waals surface area contributed by atoms with Crippen LogP contribution in [0.5, 0.6) is 0 Å². The Labute approximate surface area is 418 Å². The number of aromatic nitrogens is 4. The van der Waals surface area contributed by atoms with Gasteiger partial charge in [-0.25, -0.2) is 9.97 Å². The Morgan fingerprint density at radius 1 is 0.303 bits per heavy atom. The summed E-state index contributed by atoms with van der Waals surface area (Å²) in [4.78, 5) is 63.9. The first-order valence-electron chi connectivity index (χ1n) is 21.9. The van der Waals surface area contributed by atoms with Crippen molar-refractivity contribution in [1.29, 1.82) is 0 Å². The molecular formula is C52H30F12N8O4. The summed E-state index contributed by atoms with van der Waals surface area (Å²) >= 11 is 0. The van der Waals surface area contributed by atoms with E-state index in [0.29, 0.717) is 61.0 Å². The van der Waals surface area contributed by atoms with Crippen LogP contribution in [0.3, 0.4) is 0 Å². The van der Waals surface area contributed by atoms with Crippen LogP contribution in [0.2, 0.25) is 0 Å². The van der Waals surface area contributed by atoms with Crippen molar-refractivity contribution in [3.63, 3.8) is 0 Å². The van der Waals surface area contributed by atoms with Gasteiger partial charge in [0.2, 0.25) is 0 Å². The van der Waals surface area contributed by atoms with Crippen LogP contribution in [-0.2, 0) is 19.2 Å². The second-order valence-corrected chi connectivity index (χ2v) is 16.6. The van der Waals surface area contributed by atoms with E-state index >= 15 is 0 Å². The molecule has 0 saturated carbocycles. The van der Waals surface area contributed by atoms with Crippen molar-refractivity contribution in [1.82, 2.24) is 19.9 Å². The molecule has 0 fully saturated rings. The maximum absolute atomic E-state index is 13.2. The van der Waals surface area contributed by atoms with Crippen LogP contribution in [-0.4, -0.2) is 68.3 Å². The lowest BCUT2D eigenvalue weighted by Gasteiger charge is -2.10. The van der Waals surface area contributed by atoms with Crippen LogP contribution in [0.15, 0.2) is 121 Å².